The predicted octanol–water partition coefficient (Wildman–Crippen LogP) is -0.466. The van der Waals surface area contributed by atoms with Gasteiger partial charge in [0.15, 0.2) is 0 Å². The third-order valence-electron chi connectivity index (χ3n) is 2.28. The summed E-state index contributed by atoms with van der Waals surface area (Å²) in [7, 11) is -1.05. The summed E-state index contributed by atoms with van der Waals surface area (Å²) in [5.41, 5.74) is 0. The standard InChI is InChI=1S/C7H16N2O2S/c1-8-7-3-6(4-7)5-9-12(2,10)11/h6-9H,3-5H2,1-2H3. The van der Waals surface area contributed by atoms with Gasteiger partial charge in [-0.25, -0.2) is 13.1 Å². The van der Waals surface area contributed by atoms with Crippen molar-refractivity contribution in [2.45, 2.75) is 18.9 Å². The number of hydrogen-bond donors (Lipinski definition) is 2. The lowest BCUT2D eigenvalue weighted by molar-refractivity contribution is 0.235. The molecule has 2 N–H and O–H groups in total. The van der Waals surface area contributed by atoms with Crippen molar-refractivity contribution in [2.24, 2.45) is 5.92 Å². The molecule has 0 heterocycles. The van der Waals surface area contributed by atoms with Crippen molar-refractivity contribution in [3.63, 3.8) is 0 Å². The predicted molar refractivity (Wildman–Crippen MR) is 48.4 cm³/mol. The molecule has 0 radical (unpaired) electrons. The lowest BCUT2D eigenvalue weighted by Gasteiger charge is -2.34. The Morgan fingerprint density at radius 3 is 2.42 bits per heavy atom. The van der Waals surface area contributed by atoms with Crippen molar-refractivity contribution >= 4 is 10.0 Å². The molecule has 0 atom stereocenters. The van der Waals surface area contributed by atoms with Crippen LogP contribution in [0.5, 0.6) is 0 Å². The third-order valence-corrected chi connectivity index (χ3v) is 2.97. The van der Waals surface area contributed by atoms with Crippen LogP contribution >= 0.6 is 0 Å². The SMILES string of the molecule is CNC1CC(CNS(C)(=O)=O)C1. The van der Waals surface area contributed by atoms with E-state index in [0.717, 1.165) is 12.8 Å². The smallest absolute Gasteiger partial charge is 0.208 e. The first-order valence-electron chi connectivity index (χ1n) is 4.13. The van der Waals surface area contributed by atoms with E-state index in [4.69, 9.17) is 0 Å². The van der Waals surface area contributed by atoms with Crippen LogP contribution in [0.4, 0.5) is 0 Å². The van der Waals surface area contributed by atoms with E-state index in [1.807, 2.05) is 7.05 Å². The fourth-order valence-corrected chi connectivity index (χ4v) is 1.95. The molecule has 0 spiro atoms. The Bertz CT molecular complexity index is 232. The van der Waals surface area contributed by atoms with E-state index < -0.39 is 10.0 Å². The zero-order chi connectivity index (χ0) is 9.19. The lowest BCUT2D eigenvalue weighted by Crippen LogP contribution is -2.44. The van der Waals surface area contributed by atoms with Gasteiger partial charge in [0.2, 0.25) is 10.0 Å². The molecule has 1 rings (SSSR count). The lowest BCUT2D eigenvalue weighted by atomic mass is 9.80. The fourth-order valence-electron chi connectivity index (χ4n) is 1.41. The van der Waals surface area contributed by atoms with Gasteiger partial charge in [0, 0.05) is 12.6 Å². The van der Waals surface area contributed by atoms with Crippen molar-refractivity contribution in [3.8, 4) is 0 Å². The van der Waals surface area contributed by atoms with Crippen LogP contribution in [0, 0.1) is 5.92 Å². The second-order valence-corrected chi connectivity index (χ2v) is 5.28. The summed E-state index contributed by atoms with van der Waals surface area (Å²) in [5, 5.41) is 3.15. The van der Waals surface area contributed by atoms with Gasteiger partial charge in [-0.1, -0.05) is 0 Å². The molecule has 0 unspecified atom stereocenters. The van der Waals surface area contributed by atoms with E-state index in [2.05, 4.69) is 10.0 Å². The third kappa shape index (κ3) is 3.08. The van der Waals surface area contributed by atoms with Crippen molar-refractivity contribution in [1.29, 1.82) is 0 Å². The van der Waals surface area contributed by atoms with Crippen molar-refractivity contribution in [3.05, 3.63) is 0 Å². The zero-order valence-corrected chi connectivity index (χ0v) is 8.32. The summed E-state index contributed by atoms with van der Waals surface area (Å²) in [4.78, 5) is 0. The largest absolute Gasteiger partial charge is 0.317 e. The van der Waals surface area contributed by atoms with Crippen LogP contribution in [0.25, 0.3) is 0 Å². The van der Waals surface area contributed by atoms with E-state index in [-0.39, 0.29) is 0 Å². The number of sulfonamides is 1. The molecule has 1 fully saturated rings. The summed E-state index contributed by atoms with van der Waals surface area (Å²) in [5.74, 6) is 0.525. The van der Waals surface area contributed by atoms with E-state index >= 15 is 0 Å². The summed E-state index contributed by atoms with van der Waals surface area (Å²) < 4.78 is 23.9. The Hall–Kier alpha value is -0.130. The van der Waals surface area contributed by atoms with Gasteiger partial charge in [0.05, 0.1) is 6.26 Å². The zero-order valence-electron chi connectivity index (χ0n) is 7.50. The molecule has 72 valence electrons. The molecule has 0 amide bonds. The molecule has 0 bridgehead atoms. The van der Waals surface area contributed by atoms with Crippen LogP contribution in [0.2, 0.25) is 0 Å². The van der Waals surface area contributed by atoms with E-state index in [9.17, 15) is 8.42 Å². The molecule has 12 heavy (non-hydrogen) atoms. The van der Waals surface area contributed by atoms with Gasteiger partial charge in [-0.2, -0.15) is 0 Å². The molecule has 0 aromatic carbocycles. The minimum Gasteiger partial charge on any atom is -0.317 e. The normalized spacial score (nSPS) is 29.8. The van der Waals surface area contributed by atoms with E-state index in [1.165, 1.54) is 6.26 Å². The molecular weight excluding hydrogens is 176 g/mol. The average Bonchev–Trinajstić information content (AvgIpc) is 1.82. The van der Waals surface area contributed by atoms with Crippen molar-refractivity contribution < 1.29 is 8.42 Å². The topological polar surface area (TPSA) is 58.2 Å². The van der Waals surface area contributed by atoms with Crippen LogP contribution in [-0.2, 0) is 10.0 Å². The Kier molecular flexibility index (Phi) is 3.09. The second-order valence-electron chi connectivity index (χ2n) is 3.44. The number of nitrogens with one attached hydrogen (secondary N) is 2. The van der Waals surface area contributed by atoms with Crippen molar-refractivity contribution in [2.75, 3.05) is 19.8 Å². The van der Waals surface area contributed by atoms with Gasteiger partial charge in [-0.15, -0.1) is 0 Å². The first-order chi connectivity index (χ1) is 5.51. The number of rotatable bonds is 4. The quantitative estimate of drug-likeness (QED) is 0.633. The minimum atomic E-state index is -2.99. The second kappa shape index (κ2) is 3.72. The fraction of sp³-hybridized carbons (Fsp3) is 1.00. The maximum Gasteiger partial charge on any atom is 0.208 e. The number of hydrogen-bond acceptors (Lipinski definition) is 3. The molecule has 0 aliphatic heterocycles. The van der Waals surface area contributed by atoms with Gasteiger partial charge in [-0.3, -0.25) is 0 Å². The maximum atomic E-state index is 10.7. The van der Waals surface area contributed by atoms with Crippen LogP contribution in [-0.4, -0.2) is 34.3 Å². The molecule has 1 aliphatic carbocycles. The molecule has 4 nitrogen and oxygen atoms in total. The highest BCUT2D eigenvalue weighted by Gasteiger charge is 2.27. The van der Waals surface area contributed by atoms with Crippen molar-refractivity contribution in [1.82, 2.24) is 10.0 Å². The Morgan fingerprint density at radius 1 is 1.42 bits per heavy atom. The van der Waals surface area contributed by atoms with E-state index in [0.29, 0.717) is 18.5 Å². The monoisotopic (exact) mass is 192 g/mol. The summed E-state index contributed by atoms with van der Waals surface area (Å²) in [6.45, 7) is 0.594. The van der Waals surface area contributed by atoms with Gasteiger partial charge < -0.3 is 5.32 Å². The molecule has 5 heteroatoms. The van der Waals surface area contributed by atoms with Gasteiger partial charge in [0.1, 0.15) is 0 Å². The van der Waals surface area contributed by atoms with E-state index in [1.54, 1.807) is 0 Å². The first-order valence-corrected chi connectivity index (χ1v) is 6.02. The molecular formula is C7H16N2O2S. The highest BCUT2D eigenvalue weighted by atomic mass is 32.2. The highest BCUT2D eigenvalue weighted by Crippen LogP contribution is 2.26. The van der Waals surface area contributed by atoms with Gasteiger partial charge in [-0.05, 0) is 25.8 Å². The van der Waals surface area contributed by atoms with Crippen LogP contribution < -0.4 is 10.0 Å². The summed E-state index contributed by atoms with van der Waals surface area (Å²) in [6, 6.07) is 0.594. The summed E-state index contributed by atoms with van der Waals surface area (Å²) >= 11 is 0. The minimum absolute atomic E-state index is 0.525. The summed E-state index contributed by atoms with van der Waals surface area (Å²) in [6.07, 6.45) is 3.36. The Labute approximate surface area is 73.8 Å². The van der Waals surface area contributed by atoms with Crippen LogP contribution in [0.1, 0.15) is 12.8 Å². The Balaban J connectivity index is 2.12. The molecule has 0 aromatic rings. The van der Waals surface area contributed by atoms with Crippen LogP contribution in [0.15, 0.2) is 0 Å². The maximum absolute atomic E-state index is 10.7. The highest BCUT2D eigenvalue weighted by molar-refractivity contribution is 7.88. The molecule has 1 aliphatic rings. The first kappa shape index (κ1) is 9.95. The molecule has 1 saturated carbocycles. The van der Waals surface area contributed by atoms with Crippen LogP contribution in [0.3, 0.4) is 0 Å². The van der Waals surface area contributed by atoms with Gasteiger partial charge >= 0.3 is 0 Å². The van der Waals surface area contributed by atoms with Gasteiger partial charge in [0.25, 0.3) is 0 Å². The molecule has 0 aromatic heterocycles. The Morgan fingerprint density at radius 2 is 2.00 bits per heavy atom. The molecule has 0 saturated heterocycles. The average molecular weight is 192 g/mol.